The van der Waals surface area contributed by atoms with Gasteiger partial charge in [-0.3, -0.25) is 14.1 Å². The summed E-state index contributed by atoms with van der Waals surface area (Å²) in [6.45, 7) is 4.55. The molecule has 17 heavy (non-hydrogen) atoms. The lowest BCUT2D eigenvalue weighted by Crippen LogP contribution is -2.36. The Morgan fingerprint density at radius 2 is 2.00 bits per heavy atom. The highest BCUT2D eigenvalue weighted by atomic mass is 31.2. The minimum atomic E-state index is -4.10. The molecule has 0 rings (SSSR count). The van der Waals surface area contributed by atoms with Crippen LogP contribution in [0.5, 0.6) is 0 Å². The van der Waals surface area contributed by atoms with Crippen LogP contribution in [0.25, 0.3) is 0 Å². The van der Waals surface area contributed by atoms with Gasteiger partial charge in [0, 0.05) is 26.4 Å². The van der Waals surface area contributed by atoms with Crippen LogP contribution >= 0.6 is 7.75 Å². The minimum Gasteiger partial charge on any atom is -0.355 e. The monoisotopic (exact) mass is 266 g/mol. The van der Waals surface area contributed by atoms with Crippen molar-refractivity contribution in [3.05, 3.63) is 0 Å². The molecule has 0 saturated carbocycles. The van der Waals surface area contributed by atoms with Gasteiger partial charge in [-0.15, -0.1) is 0 Å². The maximum Gasteiger partial charge on any atom is 0.434 e. The molecule has 0 saturated heterocycles. The molecule has 100 valence electrons. The Bertz CT molecular complexity index is 321. The fraction of sp³-hybridized carbons (Fsp3) is 0.778. The Morgan fingerprint density at radius 3 is 2.41 bits per heavy atom. The van der Waals surface area contributed by atoms with Crippen LogP contribution in [0.3, 0.4) is 0 Å². The summed E-state index contributed by atoms with van der Waals surface area (Å²) in [5, 5.41) is 2.45. The van der Waals surface area contributed by atoms with Crippen LogP contribution in [0.15, 0.2) is 0 Å². The van der Waals surface area contributed by atoms with Crippen molar-refractivity contribution in [1.29, 1.82) is 0 Å². The van der Waals surface area contributed by atoms with Crippen molar-refractivity contribution in [3.63, 3.8) is 0 Å². The van der Waals surface area contributed by atoms with Crippen molar-refractivity contribution in [2.45, 2.75) is 27.2 Å². The normalized spacial score (nSPS) is 13.9. The van der Waals surface area contributed by atoms with Crippen molar-refractivity contribution >= 4 is 19.6 Å². The van der Waals surface area contributed by atoms with E-state index in [-0.39, 0.29) is 32.0 Å². The molecular formula is C9H19N2O5P. The number of carbonyl (C=O) groups excluding carboxylic acids is 2. The van der Waals surface area contributed by atoms with Gasteiger partial charge in [-0.25, -0.2) is 9.24 Å². The minimum absolute atomic E-state index is 0.0292. The summed E-state index contributed by atoms with van der Waals surface area (Å²) in [5.41, 5.74) is 0. The summed E-state index contributed by atoms with van der Waals surface area (Å²) in [7, 11) is -4.10. The average molecular weight is 266 g/mol. The summed E-state index contributed by atoms with van der Waals surface area (Å²) in [6.07, 6.45) is 0.0949. The molecule has 0 radical (unpaired) electrons. The van der Waals surface area contributed by atoms with E-state index >= 15 is 0 Å². The SMILES string of the molecule is CCOP(=O)(O)N(CCNC(C)=O)C(=O)CC. The molecule has 0 spiro atoms. The zero-order valence-electron chi connectivity index (χ0n) is 10.3. The molecule has 1 unspecified atom stereocenters. The number of carbonyl (C=O) groups is 2. The summed E-state index contributed by atoms with van der Waals surface area (Å²) < 4.78 is 17.2. The van der Waals surface area contributed by atoms with E-state index in [1.807, 2.05) is 0 Å². The first-order valence-electron chi connectivity index (χ1n) is 5.37. The van der Waals surface area contributed by atoms with Crippen LogP contribution in [0, 0.1) is 0 Å². The highest BCUT2D eigenvalue weighted by Crippen LogP contribution is 2.46. The smallest absolute Gasteiger partial charge is 0.355 e. The first kappa shape index (κ1) is 16.1. The van der Waals surface area contributed by atoms with E-state index in [0.717, 1.165) is 4.67 Å². The fourth-order valence-electron chi connectivity index (χ4n) is 1.15. The molecule has 0 fully saturated rings. The Balaban J connectivity index is 4.59. The van der Waals surface area contributed by atoms with Gasteiger partial charge in [0.05, 0.1) is 6.61 Å². The third kappa shape index (κ3) is 5.81. The summed E-state index contributed by atoms with van der Waals surface area (Å²) in [6, 6.07) is 0. The zero-order valence-corrected chi connectivity index (χ0v) is 11.2. The topological polar surface area (TPSA) is 95.9 Å². The number of rotatable bonds is 7. The summed E-state index contributed by atoms with van der Waals surface area (Å²) in [4.78, 5) is 31.7. The Labute approximate surface area is 101 Å². The molecule has 8 heteroatoms. The largest absolute Gasteiger partial charge is 0.434 e. The number of nitrogens with zero attached hydrogens (tertiary/aromatic N) is 1. The molecule has 0 aliphatic carbocycles. The van der Waals surface area contributed by atoms with Gasteiger partial charge in [0.2, 0.25) is 11.8 Å². The van der Waals surface area contributed by atoms with Crippen LogP contribution in [-0.4, -0.2) is 41.1 Å². The highest BCUT2D eigenvalue weighted by Gasteiger charge is 2.32. The molecule has 0 aliphatic heterocycles. The van der Waals surface area contributed by atoms with Crippen molar-refractivity contribution in [3.8, 4) is 0 Å². The summed E-state index contributed by atoms with van der Waals surface area (Å²) >= 11 is 0. The third-order valence-corrected chi connectivity index (χ3v) is 3.52. The summed E-state index contributed by atoms with van der Waals surface area (Å²) in [5.74, 6) is -0.757. The molecule has 0 heterocycles. The maximum atomic E-state index is 11.7. The molecule has 0 aromatic carbocycles. The third-order valence-electron chi connectivity index (χ3n) is 1.89. The molecule has 0 aliphatic rings. The predicted octanol–water partition coefficient (Wildman–Crippen LogP) is 0.498. The predicted molar refractivity (Wildman–Crippen MR) is 62.1 cm³/mol. The van der Waals surface area contributed by atoms with E-state index in [1.54, 1.807) is 13.8 Å². The van der Waals surface area contributed by atoms with Gasteiger partial charge in [0.1, 0.15) is 0 Å². The van der Waals surface area contributed by atoms with E-state index in [1.165, 1.54) is 6.92 Å². The molecule has 0 aromatic rings. The molecule has 2 amide bonds. The number of hydrogen-bond donors (Lipinski definition) is 2. The standard InChI is InChI=1S/C9H19N2O5P/c1-4-9(13)11(7-6-10-8(3)12)17(14,15)16-5-2/h4-7H2,1-3H3,(H,10,12)(H,14,15). The lowest BCUT2D eigenvalue weighted by molar-refractivity contribution is -0.127. The Morgan fingerprint density at radius 1 is 1.41 bits per heavy atom. The van der Waals surface area contributed by atoms with Crippen molar-refractivity contribution in [1.82, 2.24) is 9.99 Å². The van der Waals surface area contributed by atoms with Crippen molar-refractivity contribution in [2.75, 3.05) is 19.7 Å². The number of amides is 2. The van der Waals surface area contributed by atoms with Crippen molar-refractivity contribution < 1.29 is 23.6 Å². The Kier molecular flexibility index (Phi) is 7.03. The molecule has 1 atom stereocenters. The lowest BCUT2D eigenvalue weighted by Gasteiger charge is -2.26. The van der Waals surface area contributed by atoms with Crippen LogP contribution in [0.4, 0.5) is 0 Å². The van der Waals surface area contributed by atoms with E-state index < -0.39 is 13.7 Å². The maximum absolute atomic E-state index is 11.7. The van der Waals surface area contributed by atoms with Crippen molar-refractivity contribution in [2.24, 2.45) is 0 Å². The van der Waals surface area contributed by atoms with Gasteiger partial charge >= 0.3 is 7.75 Å². The first-order valence-corrected chi connectivity index (χ1v) is 6.90. The second-order valence-corrected chi connectivity index (χ2v) is 4.98. The van der Waals surface area contributed by atoms with Gasteiger partial charge in [-0.05, 0) is 6.92 Å². The molecular weight excluding hydrogens is 247 g/mol. The van der Waals surface area contributed by atoms with Crippen LogP contribution in [0.2, 0.25) is 0 Å². The van der Waals surface area contributed by atoms with E-state index in [9.17, 15) is 19.0 Å². The molecule has 7 nitrogen and oxygen atoms in total. The molecule has 2 N–H and O–H groups in total. The van der Waals surface area contributed by atoms with Gasteiger partial charge in [-0.2, -0.15) is 0 Å². The number of hydrogen-bond acceptors (Lipinski definition) is 4. The van der Waals surface area contributed by atoms with E-state index in [4.69, 9.17) is 0 Å². The van der Waals surface area contributed by atoms with E-state index in [0.29, 0.717) is 0 Å². The second kappa shape index (κ2) is 7.42. The van der Waals surface area contributed by atoms with E-state index in [2.05, 4.69) is 9.84 Å². The molecule has 0 bridgehead atoms. The average Bonchev–Trinajstić information content (AvgIpc) is 2.22. The van der Waals surface area contributed by atoms with Crippen LogP contribution < -0.4 is 5.32 Å². The quantitative estimate of drug-likeness (QED) is 0.654. The Hall–Kier alpha value is -0.910. The second-order valence-electron chi connectivity index (χ2n) is 3.26. The number of nitrogens with one attached hydrogen (secondary N) is 1. The van der Waals surface area contributed by atoms with Gasteiger partial charge in [-0.1, -0.05) is 6.92 Å². The highest BCUT2D eigenvalue weighted by molar-refractivity contribution is 7.51. The van der Waals surface area contributed by atoms with Gasteiger partial charge in [0.15, 0.2) is 0 Å². The first-order chi connectivity index (χ1) is 7.85. The molecule has 0 aromatic heterocycles. The van der Waals surface area contributed by atoms with Crippen LogP contribution in [0.1, 0.15) is 27.2 Å². The van der Waals surface area contributed by atoms with Crippen LogP contribution in [-0.2, 0) is 18.7 Å². The fourth-order valence-corrected chi connectivity index (χ4v) is 2.40. The lowest BCUT2D eigenvalue weighted by atomic mass is 10.4. The zero-order chi connectivity index (χ0) is 13.5. The van der Waals surface area contributed by atoms with Gasteiger partial charge < -0.3 is 10.2 Å². The van der Waals surface area contributed by atoms with Gasteiger partial charge in [0.25, 0.3) is 0 Å².